The molecule has 0 aliphatic heterocycles. The summed E-state index contributed by atoms with van der Waals surface area (Å²) in [6, 6.07) is 10.3. The molecule has 3 nitrogen and oxygen atoms in total. The summed E-state index contributed by atoms with van der Waals surface area (Å²) in [6.07, 6.45) is -0.0394. The zero-order valence-electron chi connectivity index (χ0n) is 12.0. The van der Waals surface area contributed by atoms with Crippen molar-refractivity contribution in [1.29, 1.82) is 0 Å². The molecular formula is C16H14BrCl2NO2. The second-order valence-electron chi connectivity index (χ2n) is 4.86. The number of carbonyl (C=O) groups is 1. The van der Waals surface area contributed by atoms with Gasteiger partial charge in [0.2, 0.25) is 0 Å². The number of ether oxygens (including phenoxy) is 1. The van der Waals surface area contributed by atoms with Gasteiger partial charge in [-0.1, -0.05) is 45.2 Å². The SMILES string of the molecule is CC(C)Oc1ccc(Br)cc1C(=O)Nc1cccc(Cl)c1Cl. The van der Waals surface area contributed by atoms with Gasteiger partial charge in [-0.2, -0.15) is 0 Å². The molecule has 2 rings (SSSR count). The molecule has 0 bridgehead atoms. The van der Waals surface area contributed by atoms with E-state index in [1.54, 1.807) is 30.3 Å². The molecule has 0 spiro atoms. The fraction of sp³-hybridized carbons (Fsp3) is 0.188. The van der Waals surface area contributed by atoms with Crippen LogP contribution >= 0.6 is 39.1 Å². The number of nitrogens with one attached hydrogen (secondary N) is 1. The van der Waals surface area contributed by atoms with Crippen LogP contribution in [0.25, 0.3) is 0 Å². The van der Waals surface area contributed by atoms with E-state index < -0.39 is 0 Å². The fourth-order valence-electron chi connectivity index (χ4n) is 1.83. The Hall–Kier alpha value is -1.23. The summed E-state index contributed by atoms with van der Waals surface area (Å²) in [7, 11) is 0. The summed E-state index contributed by atoms with van der Waals surface area (Å²) < 4.78 is 6.46. The summed E-state index contributed by atoms with van der Waals surface area (Å²) in [6.45, 7) is 3.80. The van der Waals surface area contributed by atoms with E-state index >= 15 is 0 Å². The minimum Gasteiger partial charge on any atom is -0.490 e. The van der Waals surface area contributed by atoms with Crippen molar-refractivity contribution in [3.63, 3.8) is 0 Å². The summed E-state index contributed by atoms with van der Waals surface area (Å²) in [5.41, 5.74) is 0.869. The standard InChI is InChI=1S/C16H14BrCl2NO2/c1-9(2)22-14-7-6-10(17)8-11(14)16(21)20-13-5-3-4-12(18)15(13)19/h3-9H,1-2H3,(H,20,21). The lowest BCUT2D eigenvalue weighted by atomic mass is 10.1. The minimum absolute atomic E-state index is 0.0394. The zero-order chi connectivity index (χ0) is 16.3. The van der Waals surface area contributed by atoms with Crippen LogP contribution in [0, 0.1) is 0 Å². The first-order valence-corrected chi connectivity index (χ1v) is 8.15. The Morgan fingerprint density at radius 1 is 1.23 bits per heavy atom. The van der Waals surface area contributed by atoms with Crippen LogP contribution in [-0.2, 0) is 0 Å². The number of benzene rings is 2. The first-order valence-electron chi connectivity index (χ1n) is 6.60. The van der Waals surface area contributed by atoms with Crippen molar-refractivity contribution >= 4 is 50.7 Å². The third kappa shape index (κ3) is 4.15. The summed E-state index contributed by atoms with van der Waals surface area (Å²) >= 11 is 15.4. The van der Waals surface area contributed by atoms with Gasteiger partial charge in [-0.15, -0.1) is 0 Å². The Morgan fingerprint density at radius 3 is 2.64 bits per heavy atom. The molecule has 22 heavy (non-hydrogen) atoms. The van der Waals surface area contributed by atoms with Gasteiger partial charge < -0.3 is 10.1 Å². The third-order valence-corrected chi connectivity index (χ3v) is 4.06. The molecule has 0 heterocycles. The Morgan fingerprint density at radius 2 is 1.95 bits per heavy atom. The van der Waals surface area contributed by atoms with E-state index in [-0.39, 0.29) is 12.0 Å². The predicted octanol–water partition coefficient (Wildman–Crippen LogP) is 5.80. The number of halogens is 3. The number of anilines is 1. The van der Waals surface area contributed by atoms with Crippen molar-refractivity contribution in [3.8, 4) is 5.75 Å². The maximum absolute atomic E-state index is 12.5. The molecule has 1 N–H and O–H groups in total. The molecular weight excluding hydrogens is 389 g/mol. The topological polar surface area (TPSA) is 38.3 Å². The van der Waals surface area contributed by atoms with Crippen LogP contribution in [-0.4, -0.2) is 12.0 Å². The van der Waals surface area contributed by atoms with Crippen LogP contribution in [0.15, 0.2) is 40.9 Å². The summed E-state index contributed by atoms with van der Waals surface area (Å²) in [4.78, 5) is 12.5. The van der Waals surface area contributed by atoms with E-state index in [0.29, 0.717) is 27.0 Å². The van der Waals surface area contributed by atoms with Crippen LogP contribution in [0.5, 0.6) is 5.75 Å². The third-order valence-electron chi connectivity index (χ3n) is 2.75. The van der Waals surface area contributed by atoms with Crippen molar-refractivity contribution in [1.82, 2.24) is 0 Å². The van der Waals surface area contributed by atoms with E-state index in [0.717, 1.165) is 4.47 Å². The molecule has 116 valence electrons. The molecule has 0 fully saturated rings. The number of rotatable bonds is 4. The van der Waals surface area contributed by atoms with Crippen LogP contribution in [0.1, 0.15) is 24.2 Å². The van der Waals surface area contributed by atoms with Crippen molar-refractivity contribution in [2.24, 2.45) is 0 Å². The fourth-order valence-corrected chi connectivity index (χ4v) is 2.54. The number of hydrogen-bond donors (Lipinski definition) is 1. The molecule has 0 saturated heterocycles. The quantitative estimate of drug-likeness (QED) is 0.702. The number of carbonyl (C=O) groups excluding carboxylic acids is 1. The average Bonchev–Trinajstić information content (AvgIpc) is 2.45. The monoisotopic (exact) mass is 401 g/mol. The van der Waals surface area contributed by atoms with Crippen LogP contribution in [0.3, 0.4) is 0 Å². The Bertz CT molecular complexity index is 705. The highest BCUT2D eigenvalue weighted by atomic mass is 79.9. The molecule has 6 heteroatoms. The van der Waals surface area contributed by atoms with Crippen molar-refractivity contribution in [3.05, 3.63) is 56.5 Å². The highest BCUT2D eigenvalue weighted by molar-refractivity contribution is 9.10. The second kappa shape index (κ2) is 7.36. The van der Waals surface area contributed by atoms with Crippen LogP contribution < -0.4 is 10.1 Å². The minimum atomic E-state index is -0.318. The predicted molar refractivity (Wildman–Crippen MR) is 94.3 cm³/mol. The van der Waals surface area contributed by atoms with Gasteiger partial charge in [0, 0.05) is 4.47 Å². The van der Waals surface area contributed by atoms with Crippen LogP contribution in [0.2, 0.25) is 10.0 Å². The van der Waals surface area contributed by atoms with E-state index in [1.165, 1.54) is 0 Å². The molecule has 1 amide bonds. The average molecular weight is 403 g/mol. The van der Waals surface area contributed by atoms with Gasteiger partial charge in [0.15, 0.2) is 0 Å². The van der Waals surface area contributed by atoms with Gasteiger partial charge in [0.1, 0.15) is 5.75 Å². The normalized spacial score (nSPS) is 10.6. The van der Waals surface area contributed by atoms with Crippen molar-refractivity contribution in [2.75, 3.05) is 5.32 Å². The van der Waals surface area contributed by atoms with Gasteiger partial charge in [0.05, 0.1) is 27.4 Å². The Kier molecular flexibility index (Phi) is 5.73. The van der Waals surface area contributed by atoms with Gasteiger partial charge >= 0.3 is 0 Å². The highest BCUT2D eigenvalue weighted by Crippen LogP contribution is 2.31. The lowest BCUT2D eigenvalue weighted by Crippen LogP contribution is -2.16. The van der Waals surface area contributed by atoms with Gasteiger partial charge in [-0.05, 0) is 44.2 Å². The number of amides is 1. The van der Waals surface area contributed by atoms with Gasteiger partial charge in [-0.25, -0.2) is 0 Å². The molecule has 0 aromatic heterocycles. The smallest absolute Gasteiger partial charge is 0.259 e. The van der Waals surface area contributed by atoms with Gasteiger partial charge in [0.25, 0.3) is 5.91 Å². The van der Waals surface area contributed by atoms with E-state index in [9.17, 15) is 4.79 Å². The lowest BCUT2D eigenvalue weighted by Gasteiger charge is -2.15. The summed E-state index contributed by atoms with van der Waals surface area (Å²) in [5.74, 6) is 0.190. The first kappa shape index (κ1) is 17.1. The maximum Gasteiger partial charge on any atom is 0.259 e. The van der Waals surface area contributed by atoms with E-state index in [4.69, 9.17) is 27.9 Å². The highest BCUT2D eigenvalue weighted by Gasteiger charge is 2.16. The molecule has 0 radical (unpaired) electrons. The van der Waals surface area contributed by atoms with Crippen molar-refractivity contribution in [2.45, 2.75) is 20.0 Å². The Labute approximate surface area is 147 Å². The van der Waals surface area contributed by atoms with Crippen LogP contribution in [0.4, 0.5) is 5.69 Å². The molecule has 2 aromatic rings. The van der Waals surface area contributed by atoms with E-state index in [2.05, 4.69) is 21.2 Å². The van der Waals surface area contributed by atoms with E-state index in [1.807, 2.05) is 19.9 Å². The molecule has 0 unspecified atom stereocenters. The number of hydrogen-bond acceptors (Lipinski definition) is 2. The molecule has 0 aliphatic rings. The largest absolute Gasteiger partial charge is 0.490 e. The van der Waals surface area contributed by atoms with Gasteiger partial charge in [-0.3, -0.25) is 4.79 Å². The molecule has 2 aromatic carbocycles. The molecule has 0 aliphatic carbocycles. The second-order valence-corrected chi connectivity index (χ2v) is 6.56. The molecule has 0 atom stereocenters. The maximum atomic E-state index is 12.5. The molecule has 0 saturated carbocycles. The lowest BCUT2D eigenvalue weighted by molar-refractivity contribution is 0.102. The van der Waals surface area contributed by atoms with Crippen molar-refractivity contribution < 1.29 is 9.53 Å². The first-order chi connectivity index (χ1) is 10.4. The summed E-state index contributed by atoms with van der Waals surface area (Å²) in [5, 5.41) is 3.44. The Balaban J connectivity index is 2.32. The zero-order valence-corrected chi connectivity index (χ0v) is 15.1.